The highest BCUT2D eigenvalue weighted by atomic mass is 35.5. The van der Waals surface area contributed by atoms with Gasteiger partial charge in [-0.3, -0.25) is 4.90 Å². The van der Waals surface area contributed by atoms with Gasteiger partial charge < -0.3 is 4.40 Å². The van der Waals surface area contributed by atoms with Crippen LogP contribution in [0.2, 0.25) is 5.02 Å². The average molecular weight is 278 g/mol. The van der Waals surface area contributed by atoms with E-state index in [4.69, 9.17) is 11.6 Å². The Balaban J connectivity index is 1.84. The summed E-state index contributed by atoms with van der Waals surface area (Å²) in [4.78, 5) is 7.24. The first-order chi connectivity index (χ1) is 9.13. The fourth-order valence-electron chi connectivity index (χ4n) is 3.07. The lowest BCUT2D eigenvalue weighted by Gasteiger charge is -2.38. The van der Waals surface area contributed by atoms with Gasteiger partial charge in [0.2, 0.25) is 0 Å². The first-order valence-electron chi connectivity index (χ1n) is 7.02. The van der Waals surface area contributed by atoms with E-state index in [2.05, 4.69) is 29.9 Å². The van der Waals surface area contributed by atoms with Crippen molar-refractivity contribution in [2.45, 2.75) is 51.7 Å². The second-order valence-corrected chi connectivity index (χ2v) is 6.08. The molecule has 0 amide bonds. The zero-order chi connectivity index (χ0) is 13.4. The van der Waals surface area contributed by atoms with Crippen LogP contribution >= 0.6 is 11.6 Å². The molecule has 0 aliphatic carbocycles. The van der Waals surface area contributed by atoms with Crippen molar-refractivity contribution in [1.82, 2.24) is 14.3 Å². The van der Waals surface area contributed by atoms with Crippen LogP contribution in [0.25, 0.3) is 5.65 Å². The predicted octanol–water partition coefficient (Wildman–Crippen LogP) is 3.75. The molecule has 3 nitrogen and oxygen atoms in total. The topological polar surface area (TPSA) is 20.5 Å². The quantitative estimate of drug-likeness (QED) is 0.833. The molecule has 3 rings (SSSR count). The SMILES string of the molecule is C[C@@H]1CCC[C@H](C)N1Cc1cn2cc(Cl)ccc2n1. The molecule has 1 saturated heterocycles. The molecule has 1 aliphatic rings. The lowest BCUT2D eigenvalue weighted by molar-refractivity contribution is 0.0940. The Labute approximate surface area is 119 Å². The van der Waals surface area contributed by atoms with Crippen molar-refractivity contribution >= 4 is 17.2 Å². The van der Waals surface area contributed by atoms with Gasteiger partial charge in [0, 0.05) is 31.0 Å². The molecule has 0 radical (unpaired) electrons. The maximum atomic E-state index is 6.01. The third kappa shape index (κ3) is 2.63. The second-order valence-electron chi connectivity index (χ2n) is 5.65. The minimum atomic E-state index is 0.650. The van der Waals surface area contributed by atoms with Crippen LogP contribution in [-0.4, -0.2) is 26.4 Å². The van der Waals surface area contributed by atoms with Gasteiger partial charge >= 0.3 is 0 Å². The molecular weight excluding hydrogens is 258 g/mol. The molecule has 102 valence electrons. The van der Waals surface area contributed by atoms with Crippen LogP contribution in [0.15, 0.2) is 24.5 Å². The van der Waals surface area contributed by atoms with E-state index in [-0.39, 0.29) is 0 Å². The van der Waals surface area contributed by atoms with Gasteiger partial charge in [0.25, 0.3) is 0 Å². The number of fused-ring (bicyclic) bond motifs is 1. The molecule has 3 heterocycles. The molecule has 0 saturated carbocycles. The van der Waals surface area contributed by atoms with Crippen molar-refractivity contribution in [3.63, 3.8) is 0 Å². The van der Waals surface area contributed by atoms with E-state index in [1.807, 2.05) is 22.7 Å². The van der Waals surface area contributed by atoms with Crippen LogP contribution < -0.4 is 0 Å². The summed E-state index contributed by atoms with van der Waals surface area (Å²) in [6.45, 7) is 5.58. The normalized spacial score (nSPS) is 25.0. The summed E-state index contributed by atoms with van der Waals surface area (Å²) in [7, 11) is 0. The number of aromatic nitrogens is 2. The minimum Gasteiger partial charge on any atom is -0.305 e. The summed E-state index contributed by atoms with van der Waals surface area (Å²) in [5, 5.41) is 0.746. The standard InChI is InChI=1S/C15H20ClN3/c1-11-4-3-5-12(2)19(11)10-14-9-18-8-13(16)6-7-15(18)17-14/h6-9,11-12H,3-5,10H2,1-2H3/t11-,12+. The third-order valence-electron chi connectivity index (χ3n) is 4.19. The maximum Gasteiger partial charge on any atom is 0.137 e. The lowest BCUT2D eigenvalue weighted by Crippen LogP contribution is -2.43. The molecule has 19 heavy (non-hydrogen) atoms. The zero-order valence-corrected chi connectivity index (χ0v) is 12.3. The second kappa shape index (κ2) is 5.14. The molecular formula is C15H20ClN3. The van der Waals surface area contributed by atoms with Gasteiger partial charge in [0.15, 0.2) is 0 Å². The number of rotatable bonds is 2. The Bertz CT molecular complexity index is 568. The lowest BCUT2D eigenvalue weighted by atomic mass is 9.97. The van der Waals surface area contributed by atoms with E-state index >= 15 is 0 Å². The molecule has 2 atom stereocenters. The summed E-state index contributed by atoms with van der Waals surface area (Å²) < 4.78 is 2.01. The van der Waals surface area contributed by atoms with Gasteiger partial charge in [-0.05, 0) is 38.8 Å². The largest absolute Gasteiger partial charge is 0.305 e. The van der Waals surface area contributed by atoms with E-state index in [0.29, 0.717) is 12.1 Å². The molecule has 0 aromatic carbocycles. The predicted molar refractivity (Wildman–Crippen MR) is 78.5 cm³/mol. The van der Waals surface area contributed by atoms with Gasteiger partial charge in [-0.2, -0.15) is 0 Å². The van der Waals surface area contributed by atoms with Gasteiger partial charge in [-0.25, -0.2) is 4.98 Å². The van der Waals surface area contributed by atoms with Gasteiger partial charge in [0.1, 0.15) is 5.65 Å². The molecule has 0 spiro atoms. The number of hydrogen-bond donors (Lipinski definition) is 0. The first kappa shape index (κ1) is 12.9. The number of pyridine rings is 1. The molecule has 4 heteroatoms. The summed E-state index contributed by atoms with van der Waals surface area (Å²) in [5.74, 6) is 0. The van der Waals surface area contributed by atoms with E-state index in [0.717, 1.165) is 22.9 Å². The summed E-state index contributed by atoms with van der Waals surface area (Å²) in [5.41, 5.74) is 2.10. The van der Waals surface area contributed by atoms with Crippen molar-refractivity contribution in [3.8, 4) is 0 Å². The van der Waals surface area contributed by atoms with E-state index in [9.17, 15) is 0 Å². The number of hydrogen-bond acceptors (Lipinski definition) is 2. The van der Waals surface area contributed by atoms with Crippen LogP contribution in [0.4, 0.5) is 0 Å². The van der Waals surface area contributed by atoms with E-state index < -0.39 is 0 Å². The third-order valence-corrected chi connectivity index (χ3v) is 4.41. The first-order valence-corrected chi connectivity index (χ1v) is 7.40. The smallest absolute Gasteiger partial charge is 0.137 e. The Morgan fingerprint density at radius 2 is 1.95 bits per heavy atom. The summed E-state index contributed by atoms with van der Waals surface area (Å²) in [6, 6.07) is 5.16. The molecule has 1 fully saturated rings. The van der Waals surface area contributed by atoms with Crippen LogP contribution in [0.1, 0.15) is 38.8 Å². The van der Waals surface area contributed by atoms with Crippen LogP contribution in [0.3, 0.4) is 0 Å². The molecule has 0 bridgehead atoms. The van der Waals surface area contributed by atoms with Crippen molar-refractivity contribution in [2.24, 2.45) is 0 Å². The van der Waals surface area contributed by atoms with Crippen molar-refractivity contribution in [2.75, 3.05) is 0 Å². The molecule has 0 unspecified atom stereocenters. The van der Waals surface area contributed by atoms with Crippen molar-refractivity contribution in [3.05, 3.63) is 35.2 Å². The number of likely N-dealkylation sites (tertiary alicyclic amines) is 1. The maximum absolute atomic E-state index is 6.01. The van der Waals surface area contributed by atoms with Gasteiger partial charge in [-0.15, -0.1) is 0 Å². The van der Waals surface area contributed by atoms with Crippen LogP contribution in [0.5, 0.6) is 0 Å². The van der Waals surface area contributed by atoms with Crippen molar-refractivity contribution < 1.29 is 0 Å². The molecule has 2 aromatic rings. The number of piperidine rings is 1. The zero-order valence-electron chi connectivity index (χ0n) is 11.5. The highest BCUT2D eigenvalue weighted by Gasteiger charge is 2.25. The van der Waals surface area contributed by atoms with Gasteiger partial charge in [-0.1, -0.05) is 18.0 Å². The number of nitrogens with zero attached hydrogens (tertiary/aromatic N) is 3. The van der Waals surface area contributed by atoms with Crippen molar-refractivity contribution in [1.29, 1.82) is 0 Å². The Hall–Kier alpha value is -1.06. The highest BCUT2D eigenvalue weighted by Crippen LogP contribution is 2.24. The van der Waals surface area contributed by atoms with Crippen LogP contribution in [0, 0.1) is 0 Å². The Morgan fingerprint density at radius 3 is 2.68 bits per heavy atom. The monoisotopic (exact) mass is 277 g/mol. The fraction of sp³-hybridized carbons (Fsp3) is 0.533. The average Bonchev–Trinajstić information content (AvgIpc) is 2.75. The molecule has 2 aromatic heterocycles. The summed E-state index contributed by atoms with van der Waals surface area (Å²) >= 11 is 6.01. The van der Waals surface area contributed by atoms with Gasteiger partial charge in [0.05, 0.1) is 10.7 Å². The van der Waals surface area contributed by atoms with E-state index in [1.54, 1.807) is 0 Å². The minimum absolute atomic E-state index is 0.650. The fourth-order valence-corrected chi connectivity index (χ4v) is 3.23. The van der Waals surface area contributed by atoms with Crippen LogP contribution in [-0.2, 0) is 6.54 Å². The number of imidazole rings is 1. The summed E-state index contributed by atoms with van der Waals surface area (Å²) in [6.07, 6.45) is 7.94. The van der Waals surface area contributed by atoms with E-state index in [1.165, 1.54) is 19.3 Å². The highest BCUT2D eigenvalue weighted by molar-refractivity contribution is 6.30. The Morgan fingerprint density at radius 1 is 1.21 bits per heavy atom. The molecule has 1 aliphatic heterocycles. The molecule has 0 N–H and O–H groups in total. The number of halogens is 1. The Kier molecular flexibility index (Phi) is 3.50.